The van der Waals surface area contributed by atoms with E-state index in [4.69, 9.17) is 0 Å². The fourth-order valence-electron chi connectivity index (χ4n) is 4.58. The minimum absolute atomic E-state index is 0.0545. The molecular weight excluding hydrogens is 398 g/mol. The van der Waals surface area contributed by atoms with E-state index in [1.165, 1.54) is 0 Å². The Labute approximate surface area is 178 Å². The second-order valence-corrected chi connectivity index (χ2v) is 9.05. The maximum atomic E-state index is 13.0. The summed E-state index contributed by atoms with van der Waals surface area (Å²) in [5.41, 5.74) is 4.48. The van der Waals surface area contributed by atoms with Crippen LogP contribution in [0.15, 0.2) is 27.7 Å². The Morgan fingerprint density at radius 3 is 2.87 bits per heavy atom. The van der Waals surface area contributed by atoms with Crippen molar-refractivity contribution in [3.63, 3.8) is 0 Å². The summed E-state index contributed by atoms with van der Waals surface area (Å²) in [6, 6.07) is 3.53. The average molecular weight is 424 g/mol. The average Bonchev–Trinajstić information content (AvgIpc) is 3.44. The molecule has 8 heteroatoms. The maximum Gasteiger partial charge on any atom is 0.274 e. The van der Waals surface area contributed by atoms with Gasteiger partial charge < -0.3 is 9.88 Å². The molecule has 0 unspecified atom stereocenters. The third-order valence-corrected chi connectivity index (χ3v) is 6.93. The Morgan fingerprint density at radius 2 is 2.07 bits per heavy atom. The molecule has 1 saturated heterocycles. The lowest BCUT2D eigenvalue weighted by Crippen LogP contribution is -2.39. The third-order valence-electron chi connectivity index (χ3n) is 6.25. The van der Waals surface area contributed by atoms with E-state index in [9.17, 15) is 9.59 Å². The van der Waals surface area contributed by atoms with E-state index in [1.54, 1.807) is 17.4 Å². The van der Waals surface area contributed by atoms with Gasteiger partial charge in [0.25, 0.3) is 11.5 Å². The van der Waals surface area contributed by atoms with Crippen molar-refractivity contribution in [1.82, 2.24) is 25.1 Å². The molecule has 3 aromatic rings. The molecule has 0 aromatic carbocycles. The van der Waals surface area contributed by atoms with Crippen LogP contribution in [0.2, 0.25) is 0 Å². The van der Waals surface area contributed by atoms with E-state index >= 15 is 0 Å². The number of aromatic nitrogens is 4. The largest absolute Gasteiger partial charge is 0.337 e. The number of rotatable bonds is 4. The SMILES string of the molecule is O=C(c1n[nH]c2c1CCCC2)N1CCC(Cc2nc(-c3ccsc3)cc(=O)[nH]2)CC1. The zero-order valence-electron chi connectivity index (χ0n) is 16.8. The van der Waals surface area contributed by atoms with Gasteiger partial charge in [-0.05, 0) is 55.9 Å². The summed E-state index contributed by atoms with van der Waals surface area (Å²) in [4.78, 5) is 34.6. The lowest BCUT2D eigenvalue weighted by molar-refractivity contribution is 0.0682. The Morgan fingerprint density at radius 1 is 1.23 bits per heavy atom. The Balaban J connectivity index is 1.23. The molecule has 1 aliphatic heterocycles. The van der Waals surface area contributed by atoms with Gasteiger partial charge in [-0.2, -0.15) is 16.4 Å². The summed E-state index contributed by atoms with van der Waals surface area (Å²) in [6.07, 6.45) is 6.78. The van der Waals surface area contributed by atoms with E-state index in [1.807, 2.05) is 21.7 Å². The van der Waals surface area contributed by atoms with Crippen LogP contribution in [0.3, 0.4) is 0 Å². The van der Waals surface area contributed by atoms with Crippen molar-refractivity contribution < 1.29 is 4.79 Å². The van der Waals surface area contributed by atoms with Gasteiger partial charge in [-0.15, -0.1) is 0 Å². The molecule has 0 bridgehead atoms. The standard InChI is InChI=1S/C22H25N5O2S/c28-20-12-18(15-7-10-30-13-15)23-19(24-20)11-14-5-8-27(9-6-14)22(29)21-16-3-1-2-4-17(16)25-26-21/h7,10,12-14H,1-6,8-9,11H2,(H,25,26)(H,23,24,28). The zero-order valence-corrected chi connectivity index (χ0v) is 17.6. The highest BCUT2D eigenvalue weighted by Gasteiger charge is 2.29. The molecule has 2 aliphatic rings. The molecule has 1 fully saturated rings. The number of hydrogen-bond donors (Lipinski definition) is 2. The predicted molar refractivity (Wildman–Crippen MR) is 116 cm³/mol. The number of carbonyl (C=O) groups excluding carboxylic acids is 1. The van der Waals surface area contributed by atoms with E-state index < -0.39 is 0 Å². The molecule has 156 valence electrons. The zero-order chi connectivity index (χ0) is 20.5. The van der Waals surface area contributed by atoms with Crippen LogP contribution < -0.4 is 5.56 Å². The molecule has 0 radical (unpaired) electrons. The number of piperidine rings is 1. The van der Waals surface area contributed by atoms with Gasteiger partial charge in [0.05, 0.1) is 5.69 Å². The fourth-order valence-corrected chi connectivity index (χ4v) is 5.23. The van der Waals surface area contributed by atoms with Gasteiger partial charge in [0.1, 0.15) is 5.82 Å². The smallest absolute Gasteiger partial charge is 0.274 e. The van der Waals surface area contributed by atoms with Crippen LogP contribution >= 0.6 is 11.3 Å². The molecule has 7 nitrogen and oxygen atoms in total. The van der Waals surface area contributed by atoms with Gasteiger partial charge in [0.15, 0.2) is 5.69 Å². The van der Waals surface area contributed by atoms with Crippen LogP contribution in [0.4, 0.5) is 0 Å². The minimum Gasteiger partial charge on any atom is -0.337 e. The number of aromatic amines is 2. The topological polar surface area (TPSA) is 94.7 Å². The summed E-state index contributed by atoms with van der Waals surface area (Å²) in [7, 11) is 0. The first-order valence-electron chi connectivity index (χ1n) is 10.7. The van der Waals surface area contributed by atoms with Crippen molar-refractivity contribution in [2.45, 2.75) is 44.9 Å². The van der Waals surface area contributed by atoms with Crippen molar-refractivity contribution in [3.8, 4) is 11.3 Å². The quantitative estimate of drug-likeness (QED) is 0.674. The van der Waals surface area contributed by atoms with E-state index in [-0.39, 0.29) is 11.5 Å². The van der Waals surface area contributed by atoms with E-state index in [2.05, 4.69) is 20.2 Å². The summed E-state index contributed by atoms with van der Waals surface area (Å²) in [5.74, 6) is 1.19. The van der Waals surface area contributed by atoms with Crippen molar-refractivity contribution in [1.29, 1.82) is 0 Å². The molecule has 0 spiro atoms. The van der Waals surface area contributed by atoms with Gasteiger partial charge in [0.2, 0.25) is 0 Å². The van der Waals surface area contributed by atoms with Gasteiger partial charge >= 0.3 is 0 Å². The number of carbonyl (C=O) groups is 1. The highest BCUT2D eigenvalue weighted by atomic mass is 32.1. The van der Waals surface area contributed by atoms with Crippen LogP contribution in [0.25, 0.3) is 11.3 Å². The molecule has 30 heavy (non-hydrogen) atoms. The third kappa shape index (κ3) is 3.84. The molecular formula is C22H25N5O2S. The Kier molecular flexibility index (Phi) is 5.25. The normalized spacial score (nSPS) is 17.1. The first-order valence-corrected chi connectivity index (χ1v) is 11.6. The van der Waals surface area contributed by atoms with Gasteiger partial charge in [0, 0.05) is 47.8 Å². The monoisotopic (exact) mass is 423 g/mol. The van der Waals surface area contributed by atoms with Crippen LogP contribution in [0.1, 0.15) is 53.3 Å². The lowest BCUT2D eigenvalue weighted by Gasteiger charge is -2.31. The number of amides is 1. The lowest BCUT2D eigenvalue weighted by atomic mass is 9.92. The number of likely N-dealkylation sites (tertiary alicyclic amines) is 1. The number of fused-ring (bicyclic) bond motifs is 1. The highest BCUT2D eigenvalue weighted by molar-refractivity contribution is 7.08. The van der Waals surface area contributed by atoms with Crippen molar-refractivity contribution in [2.24, 2.45) is 5.92 Å². The first kappa shape index (κ1) is 19.2. The number of hydrogen-bond acceptors (Lipinski definition) is 5. The maximum absolute atomic E-state index is 13.0. The molecule has 1 amide bonds. The van der Waals surface area contributed by atoms with E-state index in [0.29, 0.717) is 11.6 Å². The number of H-pyrrole nitrogens is 2. The van der Waals surface area contributed by atoms with Crippen molar-refractivity contribution in [2.75, 3.05) is 13.1 Å². The molecule has 4 heterocycles. The molecule has 1 aliphatic carbocycles. The van der Waals surface area contributed by atoms with Crippen molar-refractivity contribution in [3.05, 3.63) is 56.0 Å². The fraction of sp³-hybridized carbons (Fsp3) is 0.455. The van der Waals surface area contributed by atoms with E-state index in [0.717, 1.165) is 86.4 Å². The minimum atomic E-state index is -0.114. The molecule has 0 saturated carbocycles. The summed E-state index contributed by atoms with van der Waals surface area (Å²) < 4.78 is 0. The number of nitrogens with one attached hydrogen (secondary N) is 2. The second kappa shape index (κ2) is 8.18. The molecule has 2 N–H and O–H groups in total. The van der Waals surface area contributed by atoms with Gasteiger partial charge in [-0.1, -0.05) is 0 Å². The highest BCUT2D eigenvalue weighted by Crippen LogP contribution is 2.26. The van der Waals surface area contributed by atoms with Crippen LogP contribution in [0, 0.1) is 5.92 Å². The molecule has 0 atom stereocenters. The van der Waals surface area contributed by atoms with Gasteiger partial charge in [-0.3, -0.25) is 14.7 Å². The predicted octanol–water partition coefficient (Wildman–Crippen LogP) is 3.20. The Hall–Kier alpha value is -2.74. The first-order chi connectivity index (χ1) is 14.7. The van der Waals surface area contributed by atoms with Crippen molar-refractivity contribution >= 4 is 17.2 Å². The summed E-state index contributed by atoms with van der Waals surface area (Å²) >= 11 is 1.59. The van der Waals surface area contributed by atoms with Gasteiger partial charge in [-0.25, -0.2) is 4.98 Å². The number of thiophene rings is 1. The van der Waals surface area contributed by atoms with Crippen LogP contribution in [0.5, 0.6) is 0 Å². The molecule has 5 rings (SSSR count). The Bertz CT molecular complexity index is 1090. The second-order valence-electron chi connectivity index (χ2n) is 8.27. The number of aryl methyl sites for hydroxylation is 1. The number of nitrogens with zero attached hydrogens (tertiary/aromatic N) is 3. The van der Waals surface area contributed by atoms with Crippen LogP contribution in [-0.2, 0) is 19.3 Å². The molecule has 3 aromatic heterocycles. The summed E-state index contributed by atoms with van der Waals surface area (Å²) in [6.45, 7) is 1.44. The van der Waals surface area contributed by atoms with Crippen LogP contribution in [-0.4, -0.2) is 44.1 Å². The summed E-state index contributed by atoms with van der Waals surface area (Å²) in [5, 5.41) is 11.4.